The average molecular weight is 458 g/mol. The van der Waals surface area contributed by atoms with Gasteiger partial charge in [-0.3, -0.25) is 4.79 Å². The van der Waals surface area contributed by atoms with Gasteiger partial charge in [0.15, 0.2) is 11.2 Å². The molecule has 0 N–H and O–H groups in total. The molecule has 1 fully saturated rings. The van der Waals surface area contributed by atoms with Crippen molar-refractivity contribution in [2.75, 3.05) is 4.90 Å². The first kappa shape index (κ1) is 20.4. The highest BCUT2D eigenvalue weighted by molar-refractivity contribution is 7.10. The van der Waals surface area contributed by atoms with Gasteiger partial charge >= 0.3 is 0 Å². The van der Waals surface area contributed by atoms with Crippen LogP contribution >= 0.6 is 11.3 Å². The Bertz CT molecular complexity index is 1510. The van der Waals surface area contributed by atoms with Crippen LogP contribution in [0.15, 0.2) is 90.3 Å². The predicted molar refractivity (Wildman–Crippen MR) is 135 cm³/mol. The number of rotatable bonds is 3. The van der Waals surface area contributed by atoms with E-state index in [0.29, 0.717) is 5.56 Å². The van der Waals surface area contributed by atoms with Crippen LogP contribution in [0.25, 0.3) is 16.8 Å². The van der Waals surface area contributed by atoms with Gasteiger partial charge in [0.05, 0.1) is 24.1 Å². The zero-order chi connectivity index (χ0) is 23.3. The number of carbonyl (C=O) groups excluding carboxylic acids is 1. The zero-order valence-electron chi connectivity index (χ0n) is 18.1. The molecular weight excluding hydrogens is 438 g/mol. The van der Waals surface area contributed by atoms with E-state index in [1.54, 1.807) is 0 Å². The number of ketones is 1. The number of thiophene rings is 1. The standard InChI is InChI=1S/C29H19N3OS/c30-17-29(18-31)25-15-13-22-21-10-5-4-7-19(21)12-14-23(22)32(25)27(26(29)24-11-6-16-34-24)28(33)20-8-2-1-3-9-20/h1-16,25-27H/t25-,26-,27-/m1/s1. The number of nitrogens with zero attached hydrogens (tertiary/aromatic N) is 3. The Morgan fingerprint density at radius 3 is 2.41 bits per heavy atom. The zero-order valence-corrected chi connectivity index (χ0v) is 18.9. The minimum atomic E-state index is -1.40. The number of nitriles is 2. The fourth-order valence-corrected chi connectivity index (χ4v) is 6.53. The summed E-state index contributed by atoms with van der Waals surface area (Å²) in [6, 6.07) is 28.8. The Labute approximate surface area is 201 Å². The molecule has 0 amide bonds. The molecular formula is C29H19N3OS. The van der Waals surface area contributed by atoms with Gasteiger partial charge in [-0.15, -0.1) is 11.3 Å². The Balaban J connectivity index is 1.64. The summed E-state index contributed by atoms with van der Waals surface area (Å²) >= 11 is 1.49. The van der Waals surface area contributed by atoms with Crippen LogP contribution in [-0.2, 0) is 0 Å². The number of carbonyl (C=O) groups is 1. The molecule has 3 heterocycles. The number of fused-ring (bicyclic) bond motifs is 5. The largest absolute Gasteiger partial charge is 0.351 e. The van der Waals surface area contributed by atoms with Gasteiger partial charge in [-0.25, -0.2) is 0 Å². The maximum Gasteiger partial charge on any atom is 0.185 e. The van der Waals surface area contributed by atoms with E-state index in [-0.39, 0.29) is 5.78 Å². The van der Waals surface area contributed by atoms with Gasteiger partial charge in [0, 0.05) is 21.7 Å². The number of hydrogen-bond acceptors (Lipinski definition) is 5. The van der Waals surface area contributed by atoms with Crippen LogP contribution in [0.4, 0.5) is 5.69 Å². The number of hydrogen-bond donors (Lipinski definition) is 0. The van der Waals surface area contributed by atoms with E-state index >= 15 is 0 Å². The number of Topliss-reactive ketones (excluding diaryl/α,β-unsaturated/α-hetero) is 1. The minimum Gasteiger partial charge on any atom is -0.351 e. The van der Waals surface area contributed by atoms with Gasteiger partial charge in [0.2, 0.25) is 0 Å². The summed E-state index contributed by atoms with van der Waals surface area (Å²) in [4.78, 5) is 17.0. The molecule has 0 bridgehead atoms. The van der Waals surface area contributed by atoms with Crippen molar-refractivity contribution in [1.29, 1.82) is 10.5 Å². The van der Waals surface area contributed by atoms with Crippen molar-refractivity contribution in [3.63, 3.8) is 0 Å². The van der Waals surface area contributed by atoms with Crippen molar-refractivity contribution in [1.82, 2.24) is 0 Å². The third kappa shape index (κ3) is 2.71. The normalized spacial score (nSPS) is 21.9. The van der Waals surface area contributed by atoms with E-state index in [9.17, 15) is 15.3 Å². The highest BCUT2D eigenvalue weighted by Crippen LogP contribution is 2.56. The number of anilines is 1. The highest BCUT2D eigenvalue weighted by Gasteiger charge is 2.63. The van der Waals surface area contributed by atoms with Crippen molar-refractivity contribution in [3.05, 3.63) is 106 Å². The lowest BCUT2D eigenvalue weighted by Gasteiger charge is -2.36. The van der Waals surface area contributed by atoms with Crippen LogP contribution in [0.2, 0.25) is 0 Å². The smallest absolute Gasteiger partial charge is 0.185 e. The van der Waals surface area contributed by atoms with Gasteiger partial charge in [-0.2, -0.15) is 10.5 Å². The lowest BCUT2D eigenvalue weighted by atomic mass is 9.71. The van der Waals surface area contributed by atoms with Gasteiger partial charge in [0.25, 0.3) is 0 Å². The first-order chi connectivity index (χ1) is 16.7. The molecule has 0 saturated carbocycles. The molecule has 4 aromatic rings. The summed E-state index contributed by atoms with van der Waals surface area (Å²) in [7, 11) is 0. The second-order valence-electron chi connectivity index (χ2n) is 8.69. The monoisotopic (exact) mass is 457 g/mol. The van der Waals surface area contributed by atoms with E-state index in [2.05, 4.69) is 24.3 Å². The SMILES string of the molecule is N#CC1(C#N)[C@H](c2cccs2)[C@H](C(=O)c2ccccc2)N2c3ccc4ccccc4c3C=C[C@@H]21. The molecule has 1 aromatic heterocycles. The van der Waals surface area contributed by atoms with Crippen molar-refractivity contribution in [2.45, 2.75) is 18.0 Å². The minimum absolute atomic E-state index is 0.0780. The van der Waals surface area contributed by atoms with Crippen molar-refractivity contribution in [2.24, 2.45) is 5.41 Å². The van der Waals surface area contributed by atoms with Crippen molar-refractivity contribution >= 4 is 39.7 Å². The fourth-order valence-electron chi connectivity index (χ4n) is 5.60. The lowest BCUT2D eigenvalue weighted by molar-refractivity contribution is 0.0951. The molecule has 6 rings (SSSR count). The second-order valence-corrected chi connectivity index (χ2v) is 9.67. The van der Waals surface area contributed by atoms with E-state index in [1.165, 1.54) is 11.3 Å². The van der Waals surface area contributed by atoms with Crippen LogP contribution in [0.5, 0.6) is 0 Å². The van der Waals surface area contributed by atoms with Gasteiger partial charge in [-0.1, -0.05) is 78.9 Å². The van der Waals surface area contributed by atoms with Crippen LogP contribution in [0, 0.1) is 28.1 Å². The molecule has 1 saturated heterocycles. The molecule has 2 aliphatic heterocycles. The molecule has 0 spiro atoms. The first-order valence-corrected chi connectivity index (χ1v) is 12.0. The molecule has 162 valence electrons. The molecule has 0 radical (unpaired) electrons. The summed E-state index contributed by atoms with van der Waals surface area (Å²) < 4.78 is 0. The Kier molecular flexibility index (Phi) is 4.62. The molecule has 5 heteroatoms. The molecule has 34 heavy (non-hydrogen) atoms. The quantitative estimate of drug-likeness (QED) is 0.344. The molecule has 0 unspecified atom stereocenters. The number of benzene rings is 3. The summed E-state index contributed by atoms with van der Waals surface area (Å²) in [6.45, 7) is 0. The van der Waals surface area contributed by atoms with Crippen LogP contribution in [0.3, 0.4) is 0 Å². The topological polar surface area (TPSA) is 67.9 Å². The fraction of sp³-hybridized carbons (Fsp3) is 0.138. The van der Waals surface area contributed by atoms with Crippen LogP contribution < -0.4 is 4.90 Å². The van der Waals surface area contributed by atoms with Gasteiger partial charge < -0.3 is 4.90 Å². The van der Waals surface area contributed by atoms with Crippen molar-refractivity contribution in [3.8, 4) is 12.1 Å². The second kappa shape index (κ2) is 7.70. The molecule has 4 nitrogen and oxygen atoms in total. The molecule has 3 atom stereocenters. The van der Waals surface area contributed by atoms with E-state index in [0.717, 1.165) is 26.9 Å². The van der Waals surface area contributed by atoms with Crippen molar-refractivity contribution < 1.29 is 4.79 Å². The van der Waals surface area contributed by atoms with Crippen LogP contribution in [-0.4, -0.2) is 17.9 Å². The average Bonchev–Trinajstić information content (AvgIpc) is 3.53. The van der Waals surface area contributed by atoms with E-state index in [4.69, 9.17) is 0 Å². The molecule has 2 aliphatic rings. The maximum absolute atomic E-state index is 14.1. The summed E-state index contributed by atoms with van der Waals surface area (Å²) in [5.41, 5.74) is 1.07. The summed E-state index contributed by atoms with van der Waals surface area (Å²) in [5.74, 6) is -0.659. The highest BCUT2D eigenvalue weighted by atomic mass is 32.1. The summed E-state index contributed by atoms with van der Waals surface area (Å²) in [5, 5.41) is 25.1. The van der Waals surface area contributed by atoms with Gasteiger partial charge in [-0.05, 0) is 28.3 Å². The Hall–Kier alpha value is -4.19. The van der Waals surface area contributed by atoms with E-state index < -0.39 is 23.4 Å². The first-order valence-electron chi connectivity index (χ1n) is 11.1. The third-order valence-electron chi connectivity index (χ3n) is 7.09. The third-order valence-corrected chi connectivity index (χ3v) is 8.05. The predicted octanol–water partition coefficient (Wildman–Crippen LogP) is 6.19. The van der Waals surface area contributed by atoms with Crippen LogP contribution in [0.1, 0.15) is 26.7 Å². The van der Waals surface area contributed by atoms with E-state index in [1.807, 2.05) is 89.2 Å². The Morgan fingerprint density at radius 1 is 0.912 bits per heavy atom. The summed E-state index contributed by atoms with van der Waals surface area (Å²) in [6.07, 6.45) is 3.96. The molecule has 3 aromatic carbocycles. The van der Waals surface area contributed by atoms with Gasteiger partial charge in [0.1, 0.15) is 6.04 Å². The Morgan fingerprint density at radius 2 is 1.68 bits per heavy atom. The lowest BCUT2D eigenvalue weighted by Crippen LogP contribution is -2.44. The maximum atomic E-state index is 14.1. The molecule has 0 aliphatic carbocycles.